The highest BCUT2D eigenvalue weighted by Gasteiger charge is 2.53. The summed E-state index contributed by atoms with van der Waals surface area (Å²) in [5, 5.41) is 0. The first-order valence-electron chi connectivity index (χ1n) is 14.0. The largest absolute Gasteiger partial charge is 0.511 e. The number of hydrogen-bond acceptors (Lipinski definition) is 8. The highest BCUT2D eigenvalue weighted by molar-refractivity contribution is 7.90. The Bertz CT molecular complexity index is 1100. The van der Waals surface area contributed by atoms with Crippen LogP contribution in [-0.4, -0.2) is 62.9 Å². The number of nitrogens with one attached hydrogen (secondary N) is 1. The molecular formula is C27H43F6NO8S. The Balaban J connectivity index is 3.29. The Morgan fingerprint density at radius 3 is 1.84 bits per heavy atom. The molecule has 1 fully saturated rings. The Morgan fingerprint density at radius 1 is 0.860 bits per heavy atom. The number of hydrogen-bond donors (Lipinski definition) is 1. The van der Waals surface area contributed by atoms with Gasteiger partial charge in [0, 0.05) is 6.54 Å². The predicted octanol–water partition coefficient (Wildman–Crippen LogP) is 5.96. The molecule has 0 amide bonds. The molecule has 0 bridgehead atoms. The van der Waals surface area contributed by atoms with Crippen LogP contribution < -0.4 is 4.72 Å². The van der Waals surface area contributed by atoms with E-state index in [0.717, 1.165) is 12.8 Å². The number of sulfonamides is 1. The second kappa shape index (κ2) is 13.9. The van der Waals surface area contributed by atoms with Crippen LogP contribution in [0.5, 0.6) is 0 Å². The first-order valence-corrected chi connectivity index (χ1v) is 15.5. The topological polar surface area (TPSA) is 125 Å². The van der Waals surface area contributed by atoms with E-state index in [9.17, 15) is 49.1 Å². The van der Waals surface area contributed by atoms with Gasteiger partial charge in [-0.1, -0.05) is 13.8 Å². The molecule has 0 heterocycles. The minimum absolute atomic E-state index is 0.0396. The lowest BCUT2D eigenvalue weighted by Gasteiger charge is -2.42. The van der Waals surface area contributed by atoms with E-state index in [4.69, 9.17) is 9.47 Å². The first-order chi connectivity index (χ1) is 19.3. The Kier molecular flexibility index (Phi) is 12.6. The normalized spacial score (nSPS) is 19.6. The summed E-state index contributed by atoms with van der Waals surface area (Å²) in [5.41, 5.74) is -11.1. The molecule has 0 aromatic heterocycles. The first kappa shape index (κ1) is 38.9. The van der Waals surface area contributed by atoms with Gasteiger partial charge in [-0.2, -0.15) is 26.3 Å². The summed E-state index contributed by atoms with van der Waals surface area (Å²) in [6.45, 7) is 7.93. The molecule has 0 aromatic carbocycles. The number of esters is 3. The van der Waals surface area contributed by atoms with Crippen LogP contribution >= 0.6 is 0 Å². The summed E-state index contributed by atoms with van der Waals surface area (Å²) in [5.74, 6) is -2.95. The number of halogens is 6. The van der Waals surface area contributed by atoms with E-state index < -0.39 is 80.7 Å². The minimum atomic E-state index is -5.66. The standard InChI is InChI=1S/C27H43F6NO8S/c1-8-23(6,20(36)40-15-14-34-43(38,39)27(31,32)33)17-24(7,21(37)42-25(9-2)12-10-11-13-25)16-22(4,5)19(35)41-18(3)26(28,29)30/h18,34H,8-17H2,1-7H3. The number of alkyl halides is 6. The molecule has 1 aliphatic carbocycles. The van der Waals surface area contributed by atoms with Gasteiger partial charge < -0.3 is 14.2 Å². The van der Waals surface area contributed by atoms with E-state index >= 15 is 0 Å². The average molecular weight is 656 g/mol. The summed E-state index contributed by atoms with van der Waals surface area (Å²) in [7, 11) is -5.66. The van der Waals surface area contributed by atoms with Crippen LogP contribution in [0.15, 0.2) is 0 Å². The van der Waals surface area contributed by atoms with Gasteiger partial charge >= 0.3 is 39.6 Å². The maximum absolute atomic E-state index is 13.9. The van der Waals surface area contributed by atoms with Crippen molar-refractivity contribution in [3.63, 3.8) is 0 Å². The molecule has 3 unspecified atom stereocenters. The van der Waals surface area contributed by atoms with Crippen molar-refractivity contribution in [2.24, 2.45) is 16.2 Å². The van der Waals surface area contributed by atoms with E-state index in [1.54, 1.807) is 6.92 Å². The second-order valence-corrected chi connectivity index (χ2v) is 14.2. The molecule has 0 radical (unpaired) electrons. The van der Waals surface area contributed by atoms with Crippen molar-refractivity contribution >= 4 is 27.9 Å². The zero-order valence-electron chi connectivity index (χ0n) is 25.6. The van der Waals surface area contributed by atoms with Crippen molar-refractivity contribution in [2.75, 3.05) is 13.2 Å². The van der Waals surface area contributed by atoms with Crippen LogP contribution in [0.1, 0.15) is 99.8 Å². The molecule has 0 aliphatic heterocycles. The van der Waals surface area contributed by atoms with Crippen molar-refractivity contribution in [1.82, 2.24) is 4.72 Å². The zero-order valence-corrected chi connectivity index (χ0v) is 26.4. The maximum atomic E-state index is 13.9. The van der Waals surface area contributed by atoms with E-state index in [1.165, 1.54) is 32.4 Å². The van der Waals surface area contributed by atoms with Crippen molar-refractivity contribution in [2.45, 2.75) is 123 Å². The fourth-order valence-electron chi connectivity index (χ4n) is 5.29. The van der Waals surface area contributed by atoms with Gasteiger partial charge in [0.25, 0.3) is 0 Å². The number of carbonyl (C=O) groups is 3. The molecule has 252 valence electrons. The van der Waals surface area contributed by atoms with Gasteiger partial charge in [0.2, 0.25) is 0 Å². The van der Waals surface area contributed by atoms with Gasteiger partial charge in [-0.05, 0) is 86.0 Å². The predicted molar refractivity (Wildman–Crippen MR) is 143 cm³/mol. The summed E-state index contributed by atoms with van der Waals surface area (Å²) in [6, 6.07) is 0. The van der Waals surface area contributed by atoms with Crippen molar-refractivity contribution in [1.29, 1.82) is 0 Å². The zero-order chi connectivity index (χ0) is 33.7. The van der Waals surface area contributed by atoms with Gasteiger partial charge in [-0.25, -0.2) is 13.1 Å². The molecule has 0 spiro atoms. The van der Waals surface area contributed by atoms with Gasteiger partial charge in [0.1, 0.15) is 12.2 Å². The quantitative estimate of drug-likeness (QED) is 0.0993. The van der Waals surface area contributed by atoms with Crippen LogP contribution in [0.2, 0.25) is 0 Å². The molecule has 43 heavy (non-hydrogen) atoms. The Labute approximate surface area is 248 Å². The maximum Gasteiger partial charge on any atom is 0.511 e. The minimum Gasteiger partial charge on any atom is -0.464 e. The van der Waals surface area contributed by atoms with Gasteiger partial charge in [-0.3, -0.25) is 14.4 Å². The van der Waals surface area contributed by atoms with Crippen LogP contribution in [-0.2, 0) is 38.6 Å². The van der Waals surface area contributed by atoms with Crippen LogP contribution in [0.25, 0.3) is 0 Å². The summed E-state index contributed by atoms with van der Waals surface area (Å²) < 4.78 is 116. The van der Waals surface area contributed by atoms with E-state index in [-0.39, 0.29) is 19.3 Å². The lowest BCUT2D eigenvalue weighted by Crippen LogP contribution is -2.47. The highest BCUT2D eigenvalue weighted by Crippen LogP contribution is 2.48. The molecule has 3 atom stereocenters. The fraction of sp³-hybridized carbons (Fsp3) is 0.889. The summed E-state index contributed by atoms with van der Waals surface area (Å²) in [4.78, 5) is 39.9. The van der Waals surface area contributed by atoms with E-state index in [1.807, 2.05) is 6.92 Å². The molecule has 1 N–H and O–H groups in total. The Morgan fingerprint density at radius 2 is 1.40 bits per heavy atom. The summed E-state index contributed by atoms with van der Waals surface area (Å²) in [6.07, 6.45) is -4.61. The lowest BCUT2D eigenvalue weighted by atomic mass is 9.65. The third-order valence-corrected chi connectivity index (χ3v) is 9.27. The second-order valence-electron chi connectivity index (χ2n) is 12.4. The molecule has 1 saturated carbocycles. The molecule has 0 saturated heterocycles. The van der Waals surface area contributed by atoms with Crippen LogP contribution in [0.3, 0.4) is 0 Å². The van der Waals surface area contributed by atoms with Gasteiger partial charge in [0.05, 0.1) is 16.2 Å². The highest BCUT2D eigenvalue weighted by atomic mass is 32.2. The molecule has 1 aliphatic rings. The molecule has 0 aromatic rings. The lowest BCUT2D eigenvalue weighted by molar-refractivity contribution is -0.222. The molecular weight excluding hydrogens is 612 g/mol. The smallest absolute Gasteiger partial charge is 0.464 e. The van der Waals surface area contributed by atoms with Crippen molar-refractivity contribution < 1.29 is 63.4 Å². The summed E-state index contributed by atoms with van der Waals surface area (Å²) >= 11 is 0. The SMILES string of the molecule is CCC1(OC(=O)C(C)(CC(C)(C)C(=O)OC(C)C(F)(F)F)CC(C)(CC)C(=O)OCCNS(=O)(=O)C(F)(F)F)CCCC1. The molecule has 16 heteroatoms. The molecule has 1 rings (SSSR count). The van der Waals surface area contributed by atoms with E-state index in [2.05, 4.69) is 4.74 Å². The van der Waals surface area contributed by atoms with Crippen molar-refractivity contribution in [3.05, 3.63) is 0 Å². The molecule has 9 nitrogen and oxygen atoms in total. The van der Waals surface area contributed by atoms with Gasteiger partial charge in [-0.15, -0.1) is 0 Å². The van der Waals surface area contributed by atoms with Crippen molar-refractivity contribution in [3.8, 4) is 0 Å². The van der Waals surface area contributed by atoms with Crippen LogP contribution in [0.4, 0.5) is 26.3 Å². The van der Waals surface area contributed by atoms with Gasteiger partial charge in [0.15, 0.2) is 6.10 Å². The fourth-order valence-corrected chi connectivity index (χ4v) is 5.80. The number of ether oxygens (including phenoxy) is 3. The number of carbonyl (C=O) groups excluding carboxylic acids is 3. The third-order valence-electron chi connectivity index (χ3n) is 8.08. The van der Waals surface area contributed by atoms with E-state index in [0.29, 0.717) is 26.2 Å². The monoisotopic (exact) mass is 655 g/mol. The average Bonchev–Trinajstić information content (AvgIpc) is 3.33. The Hall–Kier alpha value is -2.10. The van der Waals surface area contributed by atoms with Crippen LogP contribution in [0, 0.1) is 16.2 Å². The third kappa shape index (κ3) is 10.2. The number of rotatable bonds is 15.